The first kappa shape index (κ1) is 26.0. The number of nitrogens with zero attached hydrogens (tertiary/aromatic N) is 4. The van der Waals surface area contributed by atoms with Crippen LogP contribution < -0.4 is 15.0 Å². The van der Waals surface area contributed by atoms with Gasteiger partial charge in [0.2, 0.25) is 0 Å². The number of amides is 2. The number of nitriles is 1. The van der Waals surface area contributed by atoms with Crippen molar-refractivity contribution in [1.82, 2.24) is 9.78 Å². The van der Waals surface area contributed by atoms with Crippen molar-refractivity contribution in [1.29, 1.82) is 5.26 Å². The number of aromatic nitrogens is 2. The quantitative estimate of drug-likeness (QED) is 0.294. The zero-order valence-electron chi connectivity index (χ0n) is 21.7. The molecule has 2 heterocycles. The van der Waals surface area contributed by atoms with Crippen molar-refractivity contribution in [3.8, 4) is 24.2 Å². The summed E-state index contributed by atoms with van der Waals surface area (Å²) in [4.78, 5) is 41.4. The van der Waals surface area contributed by atoms with E-state index in [1.807, 2.05) is 13.0 Å². The van der Waals surface area contributed by atoms with Crippen molar-refractivity contribution < 1.29 is 19.1 Å². The van der Waals surface area contributed by atoms with Crippen LogP contribution in [0.2, 0.25) is 0 Å². The van der Waals surface area contributed by atoms with Gasteiger partial charge in [-0.1, -0.05) is 5.92 Å². The highest BCUT2D eigenvalue weighted by Gasteiger charge is 2.36. The first-order valence-corrected chi connectivity index (χ1v) is 12.3. The summed E-state index contributed by atoms with van der Waals surface area (Å²) in [6, 6.07) is 20.0. The highest BCUT2D eigenvalue weighted by Crippen LogP contribution is 2.28. The highest BCUT2D eigenvalue weighted by molar-refractivity contribution is 6.16. The Balaban J connectivity index is 1.38. The van der Waals surface area contributed by atoms with Crippen molar-refractivity contribution in [2.24, 2.45) is 0 Å². The Bertz CT molecular complexity index is 1720. The molecule has 0 radical (unpaired) electrons. The maximum Gasteiger partial charge on any atom is 0.277 e. The Labute approximate surface area is 230 Å². The molecule has 0 unspecified atom stereocenters. The predicted octanol–water partition coefficient (Wildman–Crippen LogP) is 4.28. The van der Waals surface area contributed by atoms with Crippen LogP contribution in [-0.4, -0.2) is 40.5 Å². The number of terminal acetylenes is 1. The zero-order valence-corrected chi connectivity index (χ0v) is 21.7. The summed E-state index contributed by atoms with van der Waals surface area (Å²) in [6.07, 6.45) is 6.75. The molecule has 0 aliphatic carbocycles. The van der Waals surface area contributed by atoms with Crippen LogP contribution in [0, 0.1) is 23.7 Å². The van der Waals surface area contributed by atoms with E-state index in [9.17, 15) is 19.6 Å². The van der Waals surface area contributed by atoms with E-state index in [1.54, 1.807) is 65.6 Å². The van der Waals surface area contributed by atoms with Gasteiger partial charge in [0, 0.05) is 28.1 Å². The average Bonchev–Trinajstić information content (AvgIpc) is 3.41. The van der Waals surface area contributed by atoms with E-state index < -0.39 is 11.8 Å². The van der Waals surface area contributed by atoms with Gasteiger partial charge in [0.05, 0.1) is 37.0 Å². The van der Waals surface area contributed by atoms with Crippen LogP contribution in [0.15, 0.2) is 72.9 Å². The van der Waals surface area contributed by atoms with Gasteiger partial charge in [-0.25, -0.2) is 0 Å². The van der Waals surface area contributed by atoms with Crippen LogP contribution in [-0.2, 0) is 6.54 Å². The summed E-state index contributed by atoms with van der Waals surface area (Å²) in [5.41, 5.74) is 3.15. The molecule has 196 valence electrons. The molecule has 1 atom stereocenters. The van der Waals surface area contributed by atoms with Crippen LogP contribution in [0.4, 0.5) is 11.4 Å². The monoisotopic (exact) mass is 529 g/mol. The molecule has 1 aromatic heterocycles. The molecule has 1 N–H and O–H groups in total. The van der Waals surface area contributed by atoms with Crippen LogP contribution in [0.5, 0.6) is 5.75 Å². The lowest BCUT2D eigenvalue weighted by Gasteiger charge is -2.34. The van der Waals surface area contributed by atoms with Crippen molar-refractivity contribution in [3.05, 3.63) is 106 Å². The molecule has 0 fully saturated rings. The number of nitrogens with one attached hydrogen (secondary N) is 1. The molecule has 4 aromatic rings. The van der Waals surface area contributed by atoms with Gasteiger partial charge < -0.3 is 15.0 Å². The summed E-state index contributed by atoms with van der Waals surface area (Å²) < 4.78 is 6.67. The third-order valence-electron chi connectivity index (χ3n) is 6.68. The van der Waals surface area contributed by atoms with Crippen LogP contribution in [0.1, 0.15) is 54.8 Å². The standard InChI is InChI=1S/C31H23N5O4/c1-4-20-5-7-21(8-6-20)29(37)22-9-12-25(13-10-22)36-19(2)18-35-28(31(36)39)26(17-33-35)30(38)34-24-11-14-27(40-3)23(15-24)16-32/h1,5-15,17,19H,18H2,2-3H3,(H,34,38)/t19-/m0/s1. The number of ether oxygens (including phenoxy) is 1. The number of fused-ring (bicyclic) bond motifs is 1. The number of ketones is 1. The van der Waals surface area contributed by atoms with Gasteiger partial charge in [-0.05, 0) is 73.7 Å². The molecular weight excluding hydrogens is 506 g/mol. The fraction of sp³-hybridized carbons (Fsp3) is 0.129. The first-order valence-electron chi connectivity index (χ1n) is 12.3. The maximum atomic E-state index is 13.7. The first-order chi connectivity index (χ1) is 19.3. The van der Waals surface area contributed by atoms with Gasteiger partial charge in [0.1, 0.15) is 17.5 Å². The lowest BCUT2D eigenvalue weighted by atomic mass is 10.0. The van der Waals surface area contributed by atoms with Gasteiger partial charge in [-0.2, -0.15) is 10.4 Å². The Morgan fingerprint density at radius 2 is 1.75 bits per heavy atom. The van der Waals surface area contributed by atoms with E-state index in [0.29, 0.717) is 40.4 Å². The van der Waals surface area contributed by atoms with E-state index in [4.69, 9.17) is 11.2 Å². The molecule has 0 saturated heterocycles. The minimum atomic E-state index is -0.532. The average molecular weight is 530 g/mol. The molecule has 0 saturated carbocycles. The van der Waals surface area contributed by atoms with Gasteiger partial charge in [0.25, 0.3) is 11.8 Å². The second-order valence-corrected chi connectivity index (χ2v) is 9.19. The van der Waals surface area contributed by atoms with E-state index in [-0.39, 0.29) is 28.6 Å². The molecule has 0 spiro atoms. The van der Waals surface area contributed by atoms with E-state index >= 15 is 0 Å². The summed E-state index contributed by atoms with van der Waals surface area (Å²) in [7, 11) is 1.45. The van der Waals surface area contributed by atoms with Crippen LogP contribution in [0.3, 0.4) is 0 Å². The topological polar surface area (TPSA) is 117 Å². The van der Waals surface area contributed by atoms with Gasteiger partial charge >= 0.3 is 0 Å². The molecule has 3 aromatic carbocycles. The molecule has 2 amide bonds. The lowest BCUT2D eigenvalue weighted by Crippen LogP contribution is -2.47. The van der Waals surface area contributed by atoms with Crippen LogP contribution >= 0.6 is 0 Å². The molecule has 40 heavy (non-hydrogen) atoms. The summed E-state index contributed by atoms with van der Waals surface area (Å²) in [6.45, 7) is 2.26. The molecule has 9 nitrogen and oxygen atoms in total. The van der Waals surface area contributed by atoms with Crippen molar-refractivity contribution in [2.75, 3.05) is 17.3 Å². The fourth-order valence-electron chi connectivity index (χ4n) is 4.66. The maximum absolute atomic E-state index is 13.7. The second-order valence-electron chi connectivity index (χ2n) is 9.19. The van der Waals surface area contributed by atoms with Crippen molar-refractivity contribution in [3.63, 3.8) is 0 Å². The number of benzene rings is 3. The predicted molar refractivity (Wildman–Crippen MR) is 148 cm³/mol. The van der Waals surface area contributed by atoms with Gasteiger partial charge in [0.15, 0.2) is 5.78 Å². The summed E-state index contributed by atoms with van der Waals surface area (Å²) in [5.74, 6) is 1.83. The van der Waals surface area contributed by atoms with Crippen molar-refractivity contribution in [2.45, 2.75) is 19.5 Å². The highest BCUT2D eigenvalue weighted by atomic mass is 16.5. The third kappa shape index (κ3) is 4.68. The largest absolute Gasteiger partial charge is 0.495 e. The minimum absolute atomic E-state index is 0.110. The number of carbonyl (C=O) groups excluding carboxylic acids is 3. The smallest absolute Gasteiger partial charge is 0.277 e. The third-order valence-corrected chi connectivity index (χ3v) is 6.68. The Kier molecular flexibility index (Phi) is 6.88. The second kappa shape index (κ2) is 10.6. The normalized spacial score (nSPS) is 14.1. The minimum Gasteiger partial charge on any atom is -0.495 e. The number of hydrogen-bond donors (Lipinski definition) is 1. The Morgan fingerprint density at radius 1 is 1.07 bits per heavy atom. The van der Waals surface area contributed by atoms with E-state index in [0.717, 1.165) is 0 Å². The fourth-order valence-corrected chi connectivity index (χ4v) is 4.66. The molecule has 9 heteroatoms. The molecule has 5 rings (SSSR count). The van der Waals surface area contributed by atoms with Gasteiger partial charge in [-0.15, -0.1) is 6.42 Å². The van der Waals surface area contributed by atoms with E-state index in [1.165, 1.54) is 24.1 Å². The van der Waals surface area contributed by atoms with Crippen LogP contribution in [0.25, 0.3) is 0 Å². The number of hydrogen-bond acceptors (Lipinski definition) is 6. The number of anilines is 2. The SMILES string of the molecule is C#Cc1ccc(C(=O)c2ccc(N3C(=O)c4c(C(=O)Nc5ccc(OC)c(C#N)c5)cnn4C[C@@H]3C)cc2)cc1. The molecule has 1 aliphatic rings. The van der Waals surface area contributed by atoms with Gasteiger partial charge in [-0.3, -0.25) is 19.1 Å². The van der Waals surface area contributed by atoms with E-state index in [2.05, 4.69) is 16.3 Å². The number of rotatable bonds is 6. The number of carbonyl (C=O) groups is 3. The number of methoxy groups -OCH3 is 1. The Morgan fingerprint density at radius 3 is 2.38 bits per heavy atom. The molecule has 0 bridgehead atoms. The molecular formula is C31H23N5O4. The molecule has 1 aliphatic heterocycles. The summed E-state index contributed by atoms with van der Waals surface area (Å²) in [5, 5.41) is 16.3. The Hall–Kier alpha value is -5.67. The van der Waals surface area contributed by atoms with Crippen molar-refractivity contribution >= 4 is 29.0 Å². The zero-order chi connectivity index (χ0) is 28.4. The summed E-state index contributed by atoms with van der Waals surface area (Å²) >= 11 is 0. The lowest BCUT2D eigenvalue weighted by molar-refractivity contribution is 0.0933.